The fourth-order valence-electron chi connectivity index (χ4n) is 3.95. The smallest absolute Gasteiger partial charge is 0.0499 e. The number of halogens is 1. The standard InChI is InChI=1S/C18H26BrNO/c19-16-6-4-15-11-17(7-5-14(15)10-16)20-12-18(13-21)8-2-1-3-9-18/h4,6,10,17,20-21H,1-3,5,7-9,11-13H2. The van der Waals surface area contributed by atoms with Crippen LogP contribution in [0.15, 0.2) is 22.7 Å². The van der Waals surface area contributed by atoms with Crippen LogP contribution in [-0.2, 0) is 12.8 Å². The number of hydrogen-bond donors (Lipinski definition) is 2. The van der Waals surface area contributed by atoms with Gasteiger partial charge in [0.05, 0.1) is 0 Å². The third-order valence-corrected chi connectivity index (χ3v) is 5.91. The lowest BCUT2D eigenvalue weighted by molar-refractivity contribution is 0.0777. The zero-order chi connectivity index (χ0) is 14.7. The molecule has 0 aliphatic heterocycles. The first-order valence-corrected chi connectivity index (χ1v) is 9.12. The summed E-state index contributed by atoms with van der Waals surface area (Å²) in [6.07, 6.45) is 9.79. The van der Waals surface area contributed by atoms with E-state index in [1.807, 2.05) is 0 Å². The number of fused-ring (bicyclic) bond motifs is 1. The van der Waals surface area contributed by atoms with Crippen molar-refractivity contribution in [1.29, 1.82) is 0 Å². The van der Waals surface area contributed by atoms with E-state index in [9.17, 15) is 5.11 Å². The summed E-state index contributed by atoms with van der Waals surface area (Å²) in [5.74, 6) is 0. The average Bonchev–Trinajstić information content (AvgIpc) is 2.54. The highest BCUT2D eigenvalue weighted by atomic mass is 79.9. The van der Waals surface area contributed by atoms with E-state index in [0.29, 0.717) is 12.6 Å². The molecule has 0 heterocycles. The Bertz CT molecular complexity index is 482. The molecule has 2 N–H and O–H groups in total. The first-order chi connectivity index (χ1) is 10.2. The highest BCUT2D eigenvalue weighted by Gasteiger charge is 2.32. The molecule has 3 heteroatoms. The van der Waals surface area contributed by atoms with Gasteiger partial charge in [-0.1, -0.05) is 41.3 Å². The van der Waals surface area contributed by atoms with Gasteiger partial charge in [0, 0.05) is 29.1 Å². The van der Waals surface area contributed by atoms with Crippen LogP contribution in [0, 0.1) is 5.41 Å². The predicted octanol–water partition coefficient (Wildman–Crippen LogP) is 3.84. The first kappa shape index (κ1) is 15.5. The number of hydrogen-bond acceptors (Lipinski definition) is 2. The molecular formula is C18H26BrNO. The van der Waals surface area contributed by atoms with Gasteiger partial charge >= 0.3 is 0 Å². The lowest BCUT2D eigenvalue weighted by Crippen LogP contribution is -2.44. The minimum atomic E-state index is 0.151. The zero-order valence-electron chi connectivity index (χ0n) is 12.7. The van der Waals surface area contributed by atoms with Crippen molar-refractivity contribution in [2.24, 2.45) is 5.41 Å². The lowest BCUT2D eigenvalue weighted by Gasteiger charge is -2.38. The summed E-state index contributed by atoms with van der Waals surface area (Å²) in [4.78, 5) is 0. The average molecular weight is 352 g/mol. The minimum absolute atomic E-state index is 0.151. The summed E-state index contributed by atoms with van der Waals surface area (Å²) in [6, 6.07) is 7.25. The zero-order valence-corrected chi connectivity index (χ0v) is 14.3. The molecule has 21 heavy (non-hydrogen) atoms. The highest BCUT2D eigenvalue weighted by molar-refractivity contribution is 9.10. The van der Waals surface area contributed by atoms with Crippen molar-refractivity contribution < 1.29 is 5.11 Å². The second kappa shape index (κ2) is 6.80. The monoisotopic (exact) mass is 351 g/mol. The van der Waals surface area contributed by atoms with E-state index in [2.05, 4.69) is 39.4 Å². The quantitative estimate of drug-likeness (QED) is 0.863. The molecule has 0 amide bonds. The number of nitrogens with one attached hydrogen (secondary N) is 1. The summed E-state index contributed by atoms with van der Waals surface area (Å²) in [5.41, 5.74) is 3.14. The SMILES string of the molecule is OCC1(CNC2CCc3cc(Br)ccc3C2)CCCCC1. The molecule has 3 rings (SSSR count). The van der Waals surface area contributed by atoms with Crippen molar-refractivity contribution in [3.05, 3.63) is 33.8 Å². The minimum Gasteiger partial charge on any atom is -0.396 e. The largest absolute Gasteiger partial charge is 0.396 e. The Morgan fingerprint density at radius 1 is 1.19 bits per heavy atom. The van der Waals surface area contributed by atoms with E-state index in [-0.39, 0.29) is 5.41 Å². The lowest BCUT2D eigenvalue weighted by atomic mass is 9.74. The van der Waals surface area contributed by atoms with E-state index in [0.717, 1.165) is 13.0 Å². The second-order valence-electron chi connectivity index (χ2n) is 6.95. The van der Waals surface area contributed by atoms with Gasteiger partial charge in [-0.25, -0.2) is 0 Å². The van der Waals surface area contributed by atoms with Crippen LogP contribution in [0.2, 0.25) is 0 Å². The van der Waals surface area contributed by atoms with E-state index < -0.39 is 0 Å². The number of benzene rings is 1. The molecule has 2 aliphatic carbocycles. The molecule has 1 aromatic rings. The molecule has 0 radical (unpaired) electrons. The fraction of sp³-hybridized carbons (Fsp3) is 0.667. The molecule has 0 aromatic heterocycles. The van der Waals surface area contributed by atoms with E-state index in [1.165, 1.54) is 60.5 Å². The Kier molecular flexibility index (Phi) is 5.03. The molecule has 1 unspecified atom stereocenters. The van der Waals surface area contributed by atoms with Gasteiger partial charge in [-0.15, -0.1) is 0 Å². The summed E-state index contributed by atoms with van der Waals surface area (Å²) >= 11 is 3.56. The van der Waals surface area contributed by atoms with Gasteiger partial charge in [0.25, 0.3) is 0 Å². The fourth-order valence-corrected chi connectivity index (χ4v) is 4.36. The number of aryl methyl sites for hydroxylation is 1. The van der Waals surface area contributed by atoms with E-state index in [4.69, 9.17) is 0 Å². The molecule has 1 fully saturated rings. The van der Waals surface area contributed by atoms with Gasteiger partial charge in [0.1, 0.15) is 0 Å². The summed E-state index contributed by atoms with van der Waals surface area (Å²) in [7, 11) is 0. The number of aliphatic hydroxyl groups excluding tert-OH is 1. The summed E-state index contributed by atoms with van der Waals surface area (Å²) < 4.78 is 1.19. The van der Waals surface area contributed by atoms with E-state index >= 15 is 0 Å². The van der Waals surface area contributed by atoms with E-state index in [1.54, 1.807) is 0 Å². The highest BCUT2D eigenvalue weighted by Crippen LogP contribution is 2.35. The van der Waals surface area contributed by atoms with Crippen LogP contribution < -0.4 is 5.32 Å². The maximum atomic E-state index is 9.81. The molecule has 2 nitrogen and oxygen atoms in total. The van der Waals surface area contributed by atoms with Gasteiger partial charge in [0.15, 0.2) is 0 Å². The van der Waals surface area contributed by atoms with Crippen LogP contribution in [0.3, 0.4) is 0 Å². The van der Waals surface area contributed by atoms with Gasteiger partial charge in [0.2, 0.25) is 0 Å². The van der Waals surface area contributed by atoms with Crippen molar-refractivity contribution >= 4 is 15.9 Å². The van der Waals surface area contributed by atoms with Crippen LogP contribution in [0.1, 0.15) is 49.7 Å². The van der Waals surface area contributed by atoms with Gasteiger partial charge < -0.3 is 10.4 Å². The summed E-state index contributed by atoms with van der Waals surface area (Å²) in [6.45, 7) is 1.33. The van der Waals surface area contributed by atoms with Gasteiger partial charge in [-0.3, -0.25) is 0 Å². The topological polar surface area (TPSA) is 32.3 Å². The molecule has 0 saturated heterocycles. The Hall–Kier alpha value is -0.380. The second-order valence-corrected chi connectivity index (χ2v) is 7.87. The Morgan fingerprint density at radius 3 is 2.76 bits per heavy atom. The molecule has 1 saturated carbocycles. The molecule has 116 valence electrons. The molecule has 0 bridgehead atoms. The van der Waals surface area contributed by atoms with Crippen molar-refractivity contribution in [1.82, 2.24) is 5.32 Å². The van der Waals surface area contributed by atoms with Crippen molar-refractivity contribution in [3.8, 4) is 0 Å². The maximum Gasteiger partial charge on any atom is 0.0499 e. The predicted molar refractivity (Wildman–Crippen MR) is 90.6 cm³/mol. The van der Waals surface area contributed by atoms with Crippen LogP contribution in [0.5, 0.6) is 0 Å². The Labute approximate surface area is 136 Å². The maximum absolute atomic E-state index is 9.81. The third kappa shape index (κ3) is 3.69. The number of rotatable bonds is 4. The van der Waals surface area contributed by atoms with Crippen LogP contribution >= 0.6 is 15.9 Å². The van der Waals surface area contributed by atoms with Crippen LogP contribution in [0.25, 0.3) is 0 Å². The summed E-state index contributed by atoms with van der Waals surface area (Å²) in [5, 5.41) is 13.6. The van der Waals surface area contributed by atoms with Gasteiger partial charge in [-0.05, 0) is 55.4 Å². The molecular weight excluding hydrogens is 326 g/mol. The van der Waals surface area contributed by atoms with Crippen molar-refractivity contribution in [3.63, 3.8) is 0 Å². The molecule has 2 aliphatic rings. The van der Waals surface area contributed by atoms with Crippen molar-refractivity contribution in [2.45, 2.75) is 57.4 Å². The molecule has 1 aromatic carbocycles. The Morgan fingerprint density at radius 2 is 2.00 bits per heavy atom. The van der Waals surface area contributed by atoms with Crippen molar-refractivity contribution in [2.75, 3.05) is 13.2 Å². The molecule has 1 atom stereocenters. The normalized spacial score (nSPS) is 24.6. The molecule has 0 spiro atoms. The van der Waals surface area contributed by atoms with Crippen LogP contribution in [0.4, 0.5) is 0 Å². The third-order valence-electron chi connectivity index (χ3n) is 5.41. The Balaban J connectivity index is 1.58. The van der Waals surface area contributed by atoms with Gasteiger partial charge in [-0.2, -0.15) is 0 Å². The first-order valence-electron chi connectivity index (χ1n) is 8.32. The van der Waals surface area contributed by atoms with Crippen LogP contribution in [-0.4, -0.2) is 24.3 Å². The number of aliphatic hydroxyl groups is 1.